The Hall–Kier alpha value is -1.31. The molecule has 1 aliphatic heterocycles. The number of aromatic nitrogens is 2. The molecule has 1 unspecified atom stereocenters. The minimum atomic E-state index is -3.42. The number of piperidine rings is 1. The Morgan fingerprint density at radius 3 is 2.55 bits per heavy atom. The lowest BCUT2D eigenvalue weighted by Gasteiger charge is -2.30. The number of nitrogens with zero attached hydrogens (tertiary/aromatic N) is 3. The van der Waals surface area contributed by atoms with Gasteiger partial charge in [-0.2, -0.15) is 4.31 Å². The molecule has 22 heavy (non-hydrogen) atoms. The summed E-state index contributed by atoms with van der Waals surface area (Å²) in [5, 5.41) is 10.1. The van der Waals surface area contributed by atoms with Crippen LogP contribution in [0.4, 0.5) is 0 Å². The number of sulfonamides is 1. The summed E-state index contributed by atoms with van der Waals surface area (Å²) in [4.78, 5) is 0.368. The third-order valence-electron chi connectivity index (χ3n) is 3.93. The van der Waals surface area contributed by atoms with Crippen molar-refractivity contribution in [1.82, 2.24) is 14.5 Å². The number of rotatable bonds is 3. The van der Waals surface area contributed by atoms with E-state index < -0.39 is 10.0 Å². The summed E-state index contributed by atoms with van der Waals surface area (Å²) >= 11 is 1.56. The molecule has 0 spiro atoms. The van der Waals surface area contributed by atoms with Gasteiger partial charge in [-0.1, -0.05) is 17.7 Å². The molecule has 0 bridgehead atoms. The van der Waals surface area contributed by atoms with Gasteiger partial charge in [0.05, 0.1) is 4.90 Å². The number of hydrogen-bond acceptors (Lipinski definition) is 5. The fourth-order valence-electron chi connectivity index (χ4n) is 2.70. The fourth-order valence-corrected chi connectivity index (χ4v) is 5.05. The zero-order chi connectivity index (χ0) is 15.7. The summed E-state index contributed by atoms with van der Waals surface area (Å²) in [6.45, 7) is 4.94. The number of hydrogen-bond donors (Lipinski definition) is 0. The van der Waals surface area contributed by atoms with Crippen LogP contribution in [0.2, 0.25) is 0 Å². The van der Waals surface area contributed by atoms with E-state index in [0.29, 0.717) is 18.0 Å². The molecule has 0 radical (unpaired) electrons. The lowest BCUT2D eigenvalue weighted by Crippen LogP contribution is -2.39. The van der Waals surface area contributed by atoms with Gasteiger partial charge in [-0.05, 0) is 38.8 Å². The van der Waals surface area contributed by atoms with Crippen molar-refractivity contribution >= 4 is 21.4 Å². The molecule has 118 valence electrons. The SMILES string of the molecule is Cc1ccc(S(=O)(=O)N2CCCC(c3nnc(C)s3)C2)cc1. The summed E-state index contributed by atoms with van der Waals surface area (Å²) in [5.74, 6) is 0.153. The van der Waals surface area contributed by atoms with E-state index in [1.165, 1.54) is 0 Å². The maximum Gasteiger partial charge on any atom is 0.243 e. The van der Waals surface area contributed by atoms with Crippen LogP contribution in [0.25, 0.3) is 0 Å². The van der Waals surface area contributed by atoms with E-state index in [-0.39, 0.29) is 5.92 Å². The third-order valence-corrected chi connectivity index (χ3v) is 6.81. The van der Waals surface area contributed by atoms with Gasteiger partial charge in [0.2, 0.25) is 10.0 Å². The van der Waals surface area contributed by atoms with Crippen molar-refractivity contribution in [3.8, 4) is 0 Å². The van der Waals surface area contributed by atoms with Gasteiger partial charge in [-0.15, -0.1) is 21.5 Å². The van der Waals surface area contributed by atoms with Gasteiger partial charge in [0.1, 0.15) is 10.0 Å². The Balaban J connectivity index is 1.83. The van der Waals surface area contributed by atoms with Crippen LogP contribution < -0.4 is 0 Å². The van der Waals surface area contributed by atoms with Crippen LogP contribution in [0.15, 0.2) is 29.2 Å². The van der Waals surface area contributed by atoms with Crippen molar-refractivity contribution in [2.24, 2.45) is 0 Å². The first kappa shape index (κ1) is 15.6. The minimum Gasteiger partial charge on any atom is -0.207 e. The molecule has 0 N–H and O–H groups in total. The van der Waals surface area contributed by atoms with Gasteiger partial charge in [0.15, 0.2) is 0 Å². The topological polar surface area (TPSA) is 63.2 Å². The van der Waals surface area contributed by atoms with Crippen LogP contribution in [-0.2, 0) is 10.0 Å². The summed E-state index contributed by atoms with van der Waals surface area (Å²) in [7, 11) is -3.42. The second-order valence-corrected chi connectivity index (χ2v) is 8.83. The standard InChI is InChI=1S/C15H19N3O2S2/c1-11-5-7-14(8-6-11)22(19,20)18-9-3-4-13(10-18)15-17-16-12(2)21-15/h5-8,13H,3-4,9-10H2,1-2H3. The molecule has 1 aromatic carbocycles. The Bertz CT molecular complexity index is 753. The average molecular weight is 337 g/mol. The quantitative estimate of drug-likeness (QED) is 0.864. The highest BCUT2D eigenvalue weighted by atomic mass is 32.2. The molecular formula is C15H19N3O2S2. The van der Waals surface area contributed by atoms with Crippen molar-refractivity contribution in [3.05, 3.63) is 39.8 Å². The van der Waals surface area contributed by atoms with Gasteiger partial charge in [0, 0.05) is 19.0 Å². The van der Waals surface area contributed by atoms with E-state index in [2.05, 4.69) is 10.2 Å². The van der Waals surface area contributed by atoms with Crippen molar-refractivity contribution in [1.29, 1.82) is 0 Å². The van der Waals surface area contributed by atoms with Crippen molar-refractivity contribution in [2.45, 2.75) is 37.5 Å². The Morgan fingerprint density at radius 2 is 1.91 bits per heavy atom. The van der Waals surface area contributed by atoms with Gasteiger partial charge in [0.25, 0.3) is 0 Å². The van der Waals surface area contributed by atoms with Crippen LogP contribution in [0.5, 0.6) is 0 Å². The van der Waals surface area contributed by atoms with E-state index in [0.717, 1.165) is 28.4 Å². The molecule has 2 heterocycles. The monoisotopic (exact) mass is 337 g/mol. The highest BCUT2D eigenvalue weighted by Crippen LogP contribution is 2.31. The second kappa shape index (κ2) is 6.06. The number of benzene rings is 1. The molecule has 2 aromatic rings. The molecule has 3 rings (SSSR count). The molecule has 5 nitrogen and oxygen atoms in total. The first-order valence-corrected chi connectivity index (χ1v) is 9.59. The van der Waals surface area contributed by atoms with E-state index >= 15 is 0 Å². The number of aryl methyl sites for hydroxylation is 2. The first-order valence-electron chi connectivity index (χ1n) is 7.33. The molecule has 1 atom stereocenters. The lowest BCUT2D eigenvalue weighted by atomic mass is 10.0. The van der Waals surface area contributed by atoms with Gasteiger partial charge in [-0.25, -0.2) is 8.42 Å². The summed E-state index contributed by atoms with van der Waals surface area (Å²) in [5.41, 5.74) is 1.06. The molecule has 1 saturated heterocycles. The molecule has 0 saturated carbocycles. The van der Waals surface area contributed by atoms with Crippen molar-refractivity contribution in [3.63, 3.8) is 0 Å². The normalized spacial score (nSPS) is 20.2. The molecule has 0 aliphatic carbocycles. The Morgan fingerprint density at radius 1 is 1.18 bits per heavy atom. The molecule has 1 fully saturated rings. The van der Waals surface area contributed by atoms with Crippen LogP contribution in [0.3, 0.4) is 0 Å². The third kappa shape index (κ3) is 3.06. The largest absolute Gasteiger partial charge is 0.243 e. The summed E-state index contributed by atoms with van der Waals surface area (Å²) in [6.07, 6.45) is 1.82. The van der Waals surface area contributed by atoms with Gasteiger partial charge < -0.3 is 0 Å². The highest BCUT2D eigenvalue weighted by molar-refractivity contribution is 7.89. The van der Waals surface area contributed by atoms with Crippen LogP contribution in [-0.4, -0.2) is 36.0 Å². The van der Waals surface area contributed by atoms with E-state index in [9.17, 15) is 8.42 Å². The van der Waals surface area contributed by atoms with Crippen LogP contribution in [0, 0.1) is 13.8 Å². The zero-order valence-electron chi connectivity index (χ0n) is 12.7. The zero-order valence-corrected chi connectivity index (χ0v) is 14.3. The maximum absolute atomic E-state index is 12.8. The van der Waals surface area contributed by atoms with E-state index in [1.807, 2.05) is 26.0 Å². The maximum atomic E-state index is 12.8. The van der Waals surface area contributed by atoms with Crippen LogP contribution >= 0.6 is 11.3 Å². The van der Waals surface area contributed by atoms with Crippen molar-refractivity contribution in [2.75, 3.05) is 13.1 Å². The second-order valence-electron chi connectivity index (χ2n) is 5.67. The first-order chi connectivity index (χ1) is 10.5. The van der Waals surface area contributed by atoms with E-state index in [1.54, 1.807) is 27.8 Å². The summed E-state index contributed by atoms with van der Waals surface area (Å²) in [6, 6.07) is 7.04. The molecule has 1 aromatic heterocycles. The van der Waals surface area contributed by atoms with E-state index in [4.69, 9.17) is 0 Å². The predicted molar refractivity (Wildman–Crippen MR) is 86.6 cm³/mol. The minimum absolute atomic E-state index is 0.153. The highest BCUT2D eigenvalue weighted by Gasteiger charge is 2.32. The fraction of sp³-hybridized carbons (Fsp3) is 0.467. The van der Waals surface area contributed by atoms with Gasteiger partial charge >= 0.3 is 0 Å². The average Bonchev–Trinajstić information content (AvgIpc) is 2.94. The Labute approximate surface area is 135 Å². The lowest BCUT2D eigenvalue weighted by molar-refractivity contribution is 0.314. The molecule has 7 heteroatoms. The van der Waals surface area contributed by atoms with Gasteiger partial charge in [-0.3, -0.25) is 0 Å². The molecule has 1 aliphatic rings. The Kier molecular flexibility index (Phi) is 4.29. The summed E-state index contributed by atoms with van der Waals surface area (Å²) < 4.78 is 27.1. The molecule has 0 amide bonds. The smallest absolute Gasteiger partial charge is 0.207 e. The predicted octanol–water partition coefficient (Wildman–Crippen LogP) is 2.72. The van der Waals surface area contributed by atoms with Crippen molar-refractivity contribution < 1.29 is 8.42 Å². The molecular weight excluding hydrogens is 318 g/mol. The van der Waals surface area contributed by atoms with Crippen LogP contribution in [0.1, 0.15) is 34.3 Å².